The van der Waals surface area contributed by atoms with Crippen LogP contribution in [0.15, 0.2) is 91.0 Å². The Morgan fingerprint density at radius 3 is 1.05 bits per heavy atom. The van der Waals surface area contributed by atoms with Crippen LogP contribution < -0.4 is 28.4 Å². The monoisotopic (exact) mass is 1210 g/mol. The molecule has 0 atom stereocenters. The molecule has 4 aromatic rings. The molecule has 4 aromatic carbocycles. The Balaban J connectivity index is 0.000000255. The molecule has 8 heteroatoms. The summed E-state index contributed by atoms with van der Waals surface area (Å²) in [6.07, 6.45) is 46.1. The fourth-order valence-corrected chi connectivity index (χ4v) is 14.3. The molecule has 8 rings (SSSR count). The van der Waals surface area contributed by atoms with Crippen LogP contribution in [-0.4, -0.2) is 65.1 Å². The van der Waals surface area contributed by atoms with E-state index in [1.54, 1.807) is 0 Å². The molecule has 0 radical (unpaired) electrons. The van der Waals surface area contributed by atoms with Gasteiger partial charge in [0.2, 0.25) is 0 Å². The van der Waals surface area contributed by atoms with Crippen LogP contribution in [0.5, 0.6) is 34.5 Å². The number of ether oxygens (including phenoxy) is 8. The first-order chi connectivity index (χ1) is 43.3. The van der Waals surface area contributed by atoms with Gasteiger partial charge in [-0.3, -0.25) is 0 Å². The van der Waals surface area contributed by atoms with E-state index >= 15 is 0 Å². The van der Waals surface area contributed by atoms with Gasteiger partial charge in [-0.25, -0.2) is 0 Å². The van der Waals surface area contributed by atoms with Crippen LogP contribution in [0.2, 0.25) is 0 Å². The summed E-state index contributed by atoms with van der Waals surface area (Å²) in [6.45, 7) is 17.6. The van der Waals surface area contributed by atoms with E-state index in [2.05, 4.69) is 95.3 Å². The molecule has 4 aliphatic carbocycles. The average Bonchev–Trinajstić information content (AvgIpc) is 3.74. The minimum Gasteiger partial charge on any atom is -0.494 e. The van der Waals surface area contributed by atoms with Crippen molar-refractivity contribution in [2.45, 2.75) is 272 Å². The lowest BCUT2D eigenvalue weighted by Gasteiger charge is -2.37. The van der Waals surface area contributed by atoms with E-state index in [-0.39, 0.29) is 0 Å². The third-order valence-corrected chi connectivity index (χ3v) is 20.1. The van der Waals surface area contributed by atoms with Crippen LogP contribution in [0.4, 0.5) is 0 Å². The lowest BCUT2D eigenvalue weighted by atomic mass is 9.70. The molecule has 4 aliphatic rings. The summed E-state index contributed by atoms with van der Waals surface area (Å²) in [5, 5.41) is 0. The molecule has 0 bridgehead atoms. The highest BCUT2D eigenvalue weighted by molar-refractivity contribution is 5.65. The van der Waals surface area contributed by atoms with Gasteiger partial charge < -0.3 is 37.9 Å². The van der Waals surface area contributed by atoms with Crippen LogP contribution in [0, 0.1) is 42.4 Å². The summed E-state index contributed by atoms with van der Waals surface area (Å²) < 4.78 is 48.3. The molecule has 0 amide bonds. The van der Waals surface area contributed by atoms with Crippen molar-refractivity contribution < 1.29 is 37.9 Å². The fourth-order valence-electron chi connectivity index (χ4n) is 14.3. The van der Waals surface area contributed by atoms with E-state index in [9.17, 15) is 0 Å². The zero-order valence-corrected chi connectivity index (χ0v) is 56.5. The molecule has 0 aliphatic heterocycles. The number of hydrogen-bond acceptors (Lipinski definition) is 8. The molecular weight excluding hydrogens is 1090 g/mol. The summed E-state index contributed by atoms with van der Waals surface area (Å²) in [4.78, 5) is 0. The van der Waals surface area contributed by atoms with Gasteiger partial charge in [0.05, 0.1) is 51.8 Å². The van der Waals surface area contributed by atoms with Gasteiger partial charge >= 0.3 is 0 Å². The first-order valence-electron chi connectivity index (χ1n) is 36.8. The zero-order valence-electron chi connectivity index (χ0n) is 56.5. The number of hydrogen-bond donors (Lipinski definition) is 0. The smallest absolute Gasteiger partial charge is 0.122 e. The van der Waals surface area contributed by atoms with Crippen molar-refractivity contribution in [2.75, 3.05) is 52.9 Å². The highest BCUT2D eigenvalue weighted by Gasteiger charge is 2.32. The second-order valence-electron chi connectivity index (χ2n) is 27.2. The third-order valence-electron chi connectivity index (χ3n) is 20.1. The first-order valence-corrected chi connectivity index (χ1v) is 36.8. The van der Waals surface area contributed by atoms with Crippen LogP contribution >= 0.6 is 0 Å². The van der Waals surface area contributed by atoms with Crippen molar-refractivity contribution in [2.24, 2.45) is 35.5 Å². The molecule has 0 unspecified atom stereocenters. The van der Waals surface area contributed by atoms with Gasteiger partial charge in [0.25, 0.3) is 0 Å². The van der Waals surface area contributed by atoms with E-state index in [0.717, 1.165) is 193 Å². The van der Waals surface area contributed by atoms with Gasteiger partial charge in [-0.2, -0.15) is 0 Å². The van der Waals surface area contributed by atoms with Gasteiger partial charge in [-0.05, 0) is 267 Å². The Morgan fingerprint density at radius 2 is 0.625 bits per heavy atom. The highest BCUT2D eigenvalue weighted by Crippen LogP contribution is 2.43. The Bertz CT molecular complexity index is 2320. The SMILES string of the molecule is CCCCCCCOc1ccc(OCCCCCCOc2ccc(OCCCCOC3CCC(C4CCC(C)CC4)CC3)c(C)c2)cc1.CCCCCOc1ccc(-c2ccc(OCCCCOC3CCC(C4CCC(CCCC)CC4)CC3)cc2)cc1. The Morgan fingerprint density at radius 1 is 0.307 bits per heavy atom. The van der Waals surface area contributed by atoms with E-state index < -0.39 is 0 Å². The van der Waals surface area contributed by atoms with Gasteiger partial charge in [-0.1, -0.05) is 135 Å². The maximum Gasteiger partial charge on any atom is 0.122 e. The van der Waals surface area contributed by atoms with Crippen molar-refractivity contribution in [3.05, 3.63) is 96.6 Å². The maximum atomic E-state index is 6.27. The van der Waals surface area contributed by atoms with Crippen LogP contribution in [0.25, 0.3) is 11.1 Å². The molecule has 4 saturated carbocycles. The standard InChI is InChI=1S/C43H68O5.C37H56O3/c1-4-5-6-7-10-29-44-40-23-25-41(26-24-40)45-30-11-8-9-12-31-47-42-27-28-43(36(3)34-42)48-33-14-13-32-46-39-21-19-38(20-22-39)37-17-15-35(2)16-18-37;1-3-5-7-27-38-35-23-17-33(18-24-35)34-19-25-37(26-20-34)40-29-9-8-28-39-36-21-15-32(16-22-36)31-13-11-30(12-14-31)10-6-4-2/h23-28,34-35,37-39H,4-22,29-33H2,1-3H3;17-20,23-26,30-32,36H,3-16,21-22,27-29H2,1-2H3. The molecule has 8 nitrogen and oxygen atoms in total. The van der Waals surface area contributed by atoms with Gasteiger partial charge in [0.15, 0.2) is 0 Å². The molecular formula is C80H124O8. The summed E-state index contributed by atoms with van der Waals surface area (Å²) in [6, 6.07) is 31.1. The lowest BCUT2D eigenvalue weighted by Crippen LogP contribution is -2.28. The molecule has 4 fully saturated rings. The van der Waals surface area contributed by atoms with Crippen molar-refractivity contribution in [3.8, 4) is 45.6 Å². The molecule has 88 heavy (non-hydrogen) atoms. The van der Waals surface area contributed by atoms with E-state index in [0.29, 0.717) is 12.2 Å². The van der Waals surface area contributed by atoms with Crippen LogP contribution in [0.3, 0.4) is 0 Å². The highest BCUT2D eigenvalue weighted by atomic mass is 16.5. The molecule has 0 heterocycles. The average molecular weight is 1210 g/mol. The van der Waals surface area contributed by atoms with Crippen molar-refractivity contribution in [1.29, 1.82) is 0 Å². The van der Waals surface area contributed by atoms with Gasteiger partial charge in [-0.15, -0.1) is 0 Å². The Kier molecular flexibility index (Phi) is 35.0. The minimum absolute atomic E-state index is 0.484. The summed E-state index contributed by atoms with van der Waals surface area (Å²) in [7, 11) is 0. The van der Waals surface area contributed by atoms with Crippen LogP contribution in [0.1, 0.15) is 258 Å². The lowest BCUT2D eigenvalue weighted by molar-refractivity contribution is 0.00457. The molecule has 0 aromatic heterocycles. The topological polar surface area (TPSA) is 73.8 Å². The zero-order chi connectivity index (χ0) is 61.5. The van der Waals surface area contributed by atoms with E-state index in [1.807, 2.05) is 30.3 Å². The van der Waals surface area contributed by atoms with Crippen molar-refractivity contribution in [3.63, 3.8) is 0 Å². The van der Waals surface area contributed by atoms with Crippen molar-refractivity contribution >= 4 is 0 Å². The molecule has 0 spiro atoms. The second kappa shape index (κ2) is 43.4. The van der Waals surface area contributed by atoms with E-state index in [1.165, 1.54) is 172 Å². The van der Waals surface area contributed by atoms with Gasteiger partial charge in [0, 0.05) is 13.2 Å². The summed E-state index contributed by atoms with van der Waals surface area (Å²) in [5.41, 5.74) is 3.54. The van der Waals surface area contributed by atoms with E-state index in [4.69, 9.17) is 37.9 Å². The predicted molar refractivity (Wildman–Crippen MR) is 367 cm³/mol. The van der Waals surface area contributed by atoms with Gasteiger partial charge in [0.1, 0.15) is 34.5 Å². The number of aryl methyl sites for hydroxylation is 1. The predicted octanol–water partition coefficient (Wildman–Crippen LogP) is 22.6. The van der Waals surface area contributed by atoms with Crippen LogP contribution in [-0.2, 0) is 9.47 Å². The minimum atomic E-state index is 0.484. The third kappa shape index (κ3) is 28.0. The van der Waals surface area contributed by atoms with Crippen molar-refractivity contribution in [1.82, 2.24) is 0 Å². The second-order valence-corrected chi connectivity index (χ2v) is 27.2. The number of unbranched alkanes of at least 4 members (excludes halogenated alkanes) is 12. The Hall–Kier alpha value is -4.40. The summed E-state index contributed by atoms with van der Waals surface area (Å²) >= 11 is 0. The molecule has 0 N–H and O–H groups in total. The summed E-state index contributed by atoms with van der Waals surface area (Å²) in [5.74, 6) is 11.5. The molecule has 0 saturated heterocycles. The molecule has 492 valence electrons. The normalized spacial score (nSPS) is 22.1. The Labute approximate surface area is 537 Å². The maximum absolute atomic E-state index is 6.27. The first kappa shape index (κ1) is 71.0. The fraction of sp³-hybridized carbons (Fsp3) is 0.700. The number of benzene rings is 4. The number of rotatable bonds is 41. The largest absolute Gasteiger partial charge is 0.494 e. The quantitative estimate of drug-likeness (QED) is 0.0407.